The third-order valence-corrected chi connectivity index (χ3v) is 6.19. The summed E-state index contributed by atoms with van der Waals surface area (Å²) in [6, 6.07) is 20.7. The van der Waals surface area contributed by atoms with Crippen LogP contribution in [0.25, 0.3) is 0 Å². The molecule has 4 nitrogen and oxygen atoms in total. The second-order valence-electron chi connectivity index (χ2n) is 9.82. The van der Waals surface area contributed by atoms with Gasteiger partial charge in [0.15, 0.2) is 0 Å². The van der Waals surface area contributed by atoms with E-state index in [4.69, 9.17) is 9.47 Å². The number of fused-ring (bicyclic) bond motifs is 1. The van der Waals surface area contributed by atoms with Crippen molar-refractivity contribution >= 4 is 5.91 Å². The molecular formula is C26H33NO3. The zero-order chi connectivity index (χ0) is 21.1. The fourth-order valence-electron chi connectivity index (χ4n) is 4.79. The van der Waals surface area contributed by atoms with Gasteiger partial charge in [-0.25, -0.2) is 0 Å². The molecule has 160 valence electrons. The molecule has 30 heavy (non-hydrogen) atoms. The third kappa shape index (κ3) is 4.76. The van der Waals surface area contributed by atoms with Gasteiger partial charge in [0.25, 0.3) is 0 Å². The molecule has 0 aromatic heterocycles. The maximum atomic E-state index is 13.0. The average Bonchev–Trinajstić information content (AvgIpc) is 3.06. The summed E-state index contributed by atoms with van der Waals surface area (Å²) in [5, 5.41) is 0. The van der Waals surface area contributed by atoms with Crippen LogP contribution >= 0.6 is 0 Å². The highest BCUT2D eigenvalue weighted by atomic mass is 16.5. The predicted molar refractivity (Wildman–Crippen MR) is 118 cm³/mol. The molecule has 2 heterocycles. The van der Waals surface area contributed by atoms with Crippen molar-refractivity contribution < 1.29 is 14.3 Å². The molecule has 4 atom stereocenters. The van der Waals surface area contributed by atoms with Crippen molar-refractivity contribution in [1.82, 2.24) is 4.90 Å². The van der Waals surface area contributed by atoms with Gasteiger partial charge >= 0.3 is 0 Å². The second-order valence-corrected chi connectivity index (χ2v) is 9.82. The maximum absolute atomic E-state index is 13.0. The van der Waals surface area contributed by atoms with Crippen LogP contribution in [0.15, 0.2) is 60.7 Å². The van der Waals surface area contributed by atoms with Crippen molar-refractivity contribution in [2.45, 2.75) is 65.0 Å². The van der Waals surface area contributed by atoms with E-state index in [0.29, 0.717) is 19.8 Å². The Balaban J connectivity index is 1.41. The first-order valence-electron chi connectivity index (χ1n) is 11.0. The largest absolute Gasteiger partial charge is 0.375 e. The van der Waals surface area contributed by atoms with Crippen LogP contribution in [0.5, 0.6) is 0 Å². The molecule has 0 unspecified atom stereocenters. The van der Waals surface area contributed by atoms with Crippen LogP contribution in [0.1, 0.15) is 44.7 Å². The number of benzene rings is 2. The van der Waals surface area contributed by atoms with Gasteiger partial charge in [0.2, 0.25) is 5.91 Å². The minimum absolute atomic E-state index is 0.00820. The first kappa shape index (κ1) is 21.1. The molecule has 2 saturated heterocycles. The standard InChI is InChI=1S/C26H33NO3/c1-26(2,3)15-21-22-14-24(30-17-20-12-8-5-9-13-20)23(27(22)25(21)28)18-29-16-19-10-6-4-7-11-19/h4-13,21-24H,14-18H2,1-3H3/t21-,22+,23-,24-/m0/s1. The Hall–Kier alpha value is -2.17. The topological polar surface area (TPSA) is 38.8 Å². The number of amides is 1. The predicted octanol–water partition coefficient (Wildman–Crippen LogP) is 4.82. The molecule has 2 fully saturated rings. The zero-order valence-electron chi connectivity index (χ0n) is 18.3. The summed E-state index contributed by atoms with van der Waals surface area (Å²) in [6.45, 7) is 8.27. The summed E-state index contributed by atoms with van der Waals surface area (Å²) in [4.78, 5) is 15.1. The molecule has 0 saturated carbocycles. The van der Waals surface area contributed by atoms with Crippen molar-refractivity contribution in [2.75, 3.05) is 6.61 Å². The first-order valence-corrected chi connectivity index (χ1v) is 11.0. The minimum Gasteiger partial charge on any atom is -0.375 e. The van der Waals surface area contributed by atoms with E-state index in [1.165, 1.54) is 0 Å². The minimum atomic E-state index is -0.00820. The van der Waals surface area contributed by atoms with Crippen molar-refractivity contribution in [3.05, 3.63) is 71.8 Å². The van der Waals surface area contributed by atoms with Gasteiger partial charge in [-0.15, -0.1) is 0 Å². The van der Waals surface area contributed by atoms with E-state index < -0.39 is 0 Å². The summed E-state index contributed by atoms with van der Waals surface area (Å²) in [6.07, 6.45) is 1.84. The number of nitrogens with zero attached hydrogens (tertiary/aromatic N) is 1. The Morgan fingerprint density at radius 2 is 1.53 bits per heavy atom. The molecule has 4 rings (SSSR count). The van der Waals surface area contributed by atoms with Crippen LogP contribution in [0.2, 0.25) is 0 Å². The third-order valence-electron chi connectivity index (χ3n) is 6.19. The SMILES string of the molecule is CC(C)(C)C[C@@H]1C(=O)N2[C@@H]1C[C@H](OCc1ccccc1)[C@@H]2COCc1ccccc1. The van der Waals surface area contributed by atoms with E-state index in [0.717, 1.165) is 24.0 Å². The van der Waals surface area contributed by atoms with Crippen molar-refractivity contribution in [1.29, 1.82) is 0 Å². The number of carbonyl (C=O) groups excluding carboxylic acids is 1. The van der Waals surface area contributed by atoms with Gasteiger partial charge in [-0.2, -0.15) is 0 Å². The summed E-state index contributed by atoms with van der Waals surface area (Å²) in [5.41, 5.74) is 2.46. The molecular weight excluding hydrogens is 374 g/mol. The molecule has 2 aliphatic rings. The van der Waals surface area contributed by atoms with E-state index in [2.05, 4.69) is 49.9 Å². The molecule has 2 aromatic carbocycles. The number of carbonyl (C=O) groups is 1. The van der Waals surface area contributed by atoms with Crippen LogP contribution in [0, 0.1) is 11.3 Å². The first-order chi connectivity index (χ1) is 14.4. The summed E-state index contributed by atoms with van der Waals surface area (Å²) >= 11 is 0. The Labute approximate surface area is 180 Å². The lowest BCUT2D eigenvalue weighted by molar-refractivity contribution is -0.161. The molecule has 4 heteroatoms. The van der Waals surface area contributed by atoms with Gasteiger partial charge in [-0.1, -0.05) is 81.4 Å². The Bertz CT molecular complexity index is 830. The van der Waals surface area contributed by atoms with E-state index in [-0.39, 0.29) is 35.4 Å². The molecule has 0 bridgehead atoms. The Morgan fingerprint density at radius 3 is 2.13 bits per heavy atom. The van der Waals surface area contributed by atoms with E-state index in [1.807, 2.05) is 36.4 Å². The molecule has 0 radical (unpaired) electrons. The molecule has 0 aliphatic carbocycles. The maximum Gasteiger partial charge on any atom is 0.228 e. The molecule has 0 spiro atoms. The second kappa shape index (κ2) is 8.91. The fraction of sp³-hybridized carbons (Fsp3) is 0.500. The lowest BCUT2D eigenvalue weighted by Gasteiger charge is -2.47. The Morgan fingerprint density at radius 1 is 0.933 bits per heavy atom. The molecule has 0 N–H and O–H groups in total. The lowest BCUT2D eigenvalue weighted by atomic mass is 9.76. The van der Waals surface area contributed by atoms with Gasteiger partial charge < -0.3 is 14.4 Å². The van der Waals surface area contributed by atoms with Gasteiger partial charge in [0, 0.05) is 6.04 Å². The van der Waals surface area contributed by atoms with Crippen LogP contribution in [-0.4, -0.2) is 35.6 Å². The van der Waals surface area contributed by atoms with Crippen LogP contribution in [0.4, 0.5) is 0 Å². The number of hydrogen-bond donors (Lipinski definition) is 0. The summed E-state index contributed by atoms with van der Waals surface area (Å²) < 4.78 is 12.4. The van der Waals surface area contributed by atoms with Gasteiger partial charge in [0.1, 0.15) is 0 Å². The fourth-order valence-corrected chi connectivity index (χ4v) is 4.79. The number of ether oxygens (including phenoxy) is 2. The average molecular weight is 408 g/mol. The highest BCUT2D eigenvalue weighted by molar-refractivity contribution is 5.87. The quantitative estimate of drug-likeness (QED) is 0.589. The lowest BCUT2D eigenvalue weighted by Crippen LogP contribution is -2.62. The van der Waals surface area contributed by atoms with E-state index in [9.17, 15) is 4.79 Å². The highest BCUT2D eigenvalue weighted by Gasteiger charge is 2.58. The monoisotopic (exact) mass is 407 g/mol. The van der Waals surface area contributed by atoms with Crippen molar-refractivity contribution in [3.8, 4) is 0 Å². The van der Waals surface area contributed by atoms with Crippen molar-refractivity contribution in [2.24, 2.45) is 11.3 Å². The number of rotatable bonds is 8. The summed E-state index contributed by atoms with van der Waals surface area (Å²) in [5.74, 6) is 0.390. The smallest absolute Gasteiger partial charge is 0.228 e. The highest BCUT2D eigenvalue weighted by Crippen LogP contribution is 2.45. The number of β-lactam (4-membered cyclic amide) rings is 1. The van der Waals surface area contributed by atoms with Crippen LogP contribution < -0.4 is 0 Å². The van der Waals surface area contributed by atoms with Crippen LogP contribution in [0.3, 0.4) is 0 Å². The molecule has 2 aromatic rings. The summed E-state index contributed by atoms with van der Waals surface area (Å²) in [7, 11) is 0. The van der Waals surface area contributed by atoms with E-state index >= 15 is 0 Å². The molecule has 1 amide bonds. The normalized spacial score (nSPS) is 25.8. The van der Waals surface area contributed by atoms with Gasteiger partial charge in [0.05, 0.1) is 37.9 Å². The molecule has 2 aliphatic heterocycles. The van der Waals surface area contributed by atoms with Crippen molar-refractivity contribution in [3.63, 3.8) is 0 Å². The number of hydrogen-bond acceptors (Lipinski definition) is 3. The Kier molecular flexibility index (Phi) is 6.26. The zero-order valence-corrected chi connectivity index (χ0v) is 18.3. The van der Waals surface area contributed by atoms with Crippen LogP contribution in [-0.2, 0) is 27.5 Å². The van der Waals surface area contributed by atoms with E-state index in [1.54, 1.807) is 0 Å². The van der Waals surface area contributed by atoms with Gasteiger partial charge in [-0.05, 0) is 29.4 Å². The van der Waals surface area contributed by atoms with Gasteiger partial charge in [-0.3, -0.25) is 4.79 Å².